The Morgan fingerprint density at radius 3 is 2.68 bits per heavy atom. The Labute approximate surface area is 183 Å². The zero-order valence-corrected chi connectivity index (χ0v) is 18.2. The molecule has 2 heterocycles. The van der Waals surface area contributed by atoms with Crippen molar-refractivity contribution in [1.29, 1.82) is 5.26 Å². The topological polar surface area (TPSA) is 89.3 Å². The molecular weight excluding hydrogens is 455 g/mol. The molecule has 1 N–H and O–H groups in total. The number of sulfonamides is 1. The lowest BCUT2D eigenvalue weighted by molar-refractivity contribution is 0.281. The van der Waals surface area contributed by atoms with Crippen molar-refractivity contribution in [1.82, 2.24) is 9.88 Å². The van der Waals surface area contributed by atoms with Gasteiger partial charge in [-0.1, -0.05) is 17.7 Å². The number of nitrogens with zero attached hydrogens (tertiary/aromatic N) is 4. The normalized spacial score (nSPS) is 19.0. The molecule has 0 radical (unpaired) electrons. The Bertz CT molecular complexity index is 1160. The van der Waals surface area contributed by atoms with Crippen molar-refractivity contribution in [2.24, 2.45) is 5.41 Å². The molecule has 166 valence electrons. The second-order valence-corrected chi connectivity index (χ2v) is 9.58. The minimum atomic E-state index is -4.79. The first kappa shape index (κ1) is 23.1. The highest BCUT2D eigenvalue weighted by molar-refractivity contribution is 7.92. The fourth-order valence-corrected chi connectivity index (χ4v) is 5.10. The van der Waals surface area contributed by atoms with Crippen LogP contribution in [-0.4, -0.2) is 52.0 Å². The van der Waals surface area contributed by atoms with Crippen LogP contribution in [0.15, 0.2) is 29.2 Å². The van der Waals surface area contributed by atoms with E-state index in [9.17, 15) is 26.9 Å². The SMILES string of the molecule is CN(C)C[C@]1(C#N)CCN(c2cc(F)c(S(=O)(=O)Nc3cccc(F)n3)c(F)c2Cl)C1. The lowest BCUT2D eigenvalue weighted by Gasteiger charge is -2.26. The summed E-state index contributed by atoms with van der Waals surface area (Å²) in [6.45, 7) is 0.939. The Balaban J connectivity index is 1.96. The second-order valence-electron chi connectivity index (χ2n) is 7.59. The summed E-state index contributed by atoms with van der Waals surface area (Å²) >= 11 is 6.08. The monoisotopic (exact) mass is 473 g/mol. The smallest absolute Gasteiger partial charge is 0.268 e. The number of rotatable bonds is 6. The maximum absolute atomic E-state index is 15.0. The molecule has 1 saturated heterocycles. The Kier molecular flexibility index (Phi) is 6.36. The van der Waals surface area contributed by atoms with Gasteiger partial charge in [0.2, 0.25) is 5.95 Å². The molecular formula is C19H19ClF3N5O2S. The van der Waals surface area contributed by atoms with Gasteiger partial charge in [0.25, 0.3) is 10.0 Å². The van der Waals surface area contributed by atoms with Crippen molar-refractivity contribution in [2.75, 3.05) is 43.4 Å². The Morgan fingerprint density at radius 2 is 2.06 bits per heavy atom. The van der Waals surface area contributed by atoms with Crippen LogP contribution in [0.25, 0.3) is 0 Å². The van der Waals surface area contributed by atoms with Gasteiger partial charge in [0.15, 0.2) is 10.7 Å². The average Bonchev–Trinajstić information content (AvgIpc) is 3.07. The van der Waals surface area contributed by atoms with Crippen molar-refractivity contribution < 1.29 is 21.6 Å². The van der Waals surface area contributed by atoms with Crippen LogP contribution in [0.5, 0.6) is 0 Å². The summed E-state index contributed by atoms with van der Waals surface area (Å²) < 4.78 is 69.9. The van der Waals surface area contributed by atoms with Gasteiger partial charge >= 0.3 is 0 Å². The van der Waals surface area contributed by atoms with Crippen LogP contribution in [0.1, 0.15) is 6.42 Å². The van der Waals surface area contributed by atoms with E-state index in [4.69, 9.17) is 11.6 Å². The third kappa shape index (κ3) is 4.71. The van der Waals surface area contributed by atoms with E-state index in [2.05, 4.69) is 11.1 Å². The quantitative estimate of drug-likeness (QED) is 0.512. The number of nitrogens with one attached hydrogen (secondary N) is 1. The van der Waals surface area contributed by atoms with Gasteiger partial charge in [0.05, 0.1) is 17.2 Å². The first-order valence-electron chi connectivity index (χ1n) is 9.12. The molecule has 1 fully saturated rings. The number of hydrogen-bond acceptors (Lipinski definition) is 6. The van der Waals surface area contributed by atoms with E-state index in [1.807, 2.05) is 23.7 Å². The fourth-order valence-electron chi connectivity index (χ4n) is 3.64. The molecule has 7 nitrogen and oxygen atoms in total. The maximum atomic E-state index is 15.0. The molecule has 31 heavy (non-hydrogen) atoms. The van der Waals surface area contributed by atoms with Crippen LogP contribution in [-0.2, 0) is 10.0 Å². The number of hydrogen-bond donors (Lipinski definition) is 1. The first-order valence-corrected chi connectivity index (χ1v) is 11.0. The molecule has 3 rings (SSSR count). The molecule has 1 aliphatic rings. The van der Waals surface area contributed by atoms with Gasteiger partial charge in [-0.25, -0.2) is 22.2 Å². The highest BCUT2D eigenvalue weighted by Crippen LogP contribution is 2.40. The van der Waals surface area contributed by atoms with E-state index >= 15 is 0 Å². The molecule has 0 spiro atoms. The summed E-state index contributed by atoms with van der Waals surface area (Å²) in [7, 11) is -1.16. The molecule has 0 unspecified atom stereocenters. The second kappa shape index (κ2) is 8.53. The molecule has 0 amide bonds. The standard InChI is InChI=1S/C19H19ClF3N5O2S/c1-27(2)10-19(9-24)6-7-28(11-19)13-8-12(21)18(17(23)16(13)20)31(29,30)26-15-5-3-4-14(22)25-15/h3-5,8H,6-7,10-11H2,1-2H3,(H,25,26)/t19-/m1/s1. The zero-order chi connectivity index (χ0) is 23.0. The van der Waals surface area contributed by atoms with Gasteiger partial charge in [-0.3, -0.25) is 4.72 Å². The summed E-state index contributed by atoms with van der Waals surface area (Å²) in [5, 5.41) is 9.02. The molecule has 1 aliphatic heterocycles. The molecule has 1 atom stereocenters. The predicted octanol–water partition coefficient (Wildman–Crippen LogP) is 3.23. The number of halogens is 4. The van der Waals surface area contributed by atoms with E-state index in [1.165, 1.54) is 6.07 Å². The van der Waals surface area contributed by atoms with E-state index in [1.54, 1.807) is 4.90 Å². The highest BCUT2D eigenvalue weighted by atomic mass is 35.5. The molecule has 0 aliphatic carbocycles. The van der Waals surface area contributed by atoms with E-state index in [0.29, 0.717) is 19.5 Å². The Hall–Kier alpha value is -2.55. The summed E-state index contributed by atoms with van der Waals surface area (Å²) in [6, 6.07) is 6.39. The number of pyridine rings is 1. The van der Waals surface area contributed by atoms with Gasteiger partial charge in [0, 0.05) is 25.7 Å². The molecule has 2 aromatic rings. The Morgan fingerprint density at radius 1 is 1.35 bits per heavy atom. The fraction of sp³-hybridized carbons (Fsp3) is 0.368. The summed E-state index contributed by atoms with van der Waals surface area (Å²) in [5.41, 5.74) is -0.801. The number of aromatic nitrogens is 1. The molecule has 1 aromatic heterocycles. The van der Waals surface area contributed by atoms with Crippen LogP contribution in [0.2, 0.25) is 5.02 Å². The summed E-state index contributed by atoms with van der Waals surface area (Å²) in [5.74, 6) is -4.27. The van der Waals surface area contributed by atoms with Crippen molar-refractivity contribution >= 4 is 33.1 Å². The first-order chi connectivity index (χ1) is 14.5. The van der Waals surface area contributed by atoms with Crippen LogP contribution in [0.3, 0.4) is 0 Å². The number of anilines is 2. The van der Waals surface area contributed by atoms with Gasteiger partial charge in [0.1, 0.15) is 16.7 Å². The lowest BCUT2D eigenvalue weighted by atomic mass is 9.88. The van der Waals surface area contributed by atoms with Crippen molar-refractivity contribution in [3.63, 3.8) is 0 Å². The molecule has 12 heteroatoms. The van der Waals surface area contributed by atoms with E-state index < -0.39 is 48.8 Å². The van der Waals surface area contributed by atoms with Gasteiger partial charge in [-0.05, 0) is 32.6 Å². The lowest BCUT2D eigenvalue weighted by Crippen LogP contribution is -2.35. The molecule has 0 bridgehead atoms. The van der Waals surface area contributed by atoms with Crippen LogP contribution >= 0.6 is 11.6 Å². The highest BCUT2D eigenvalue weighted by Gasteiger charge is 2.40. The van der Waals surface area contributed by atoms with E-state index in [-0.39, 0.29) is 12.2 Å². The third-order valence-electron chi connectivity index (χ3n) is 4.87. The minimum absolute atomic E-state index is 0.0459. The zero-order valence-electron chi connectivity index (χ0n) is 16.7. The van der Waals surface area contributed by atoms with Crippen LogP contribution in [0.4, 0.5) is 24.7 Å². The van der Waals surface area contributed by atoms with Crippen molar-refractivity contribution in [3.05, 3.63) is 46.9 Å². The number of benzene rings is 1. The molecule has 0 saturated carbocycles. The summed E-state index contributed by atoms with van der Waals surface area (Å²) in [6.07, 6.45) is 0.452. The van der Waals surface area contributed by atoms with Crippen molar-refractivity contribution in [3.8, 4) is 6.07 Å². The largest absolute Gasteiger partial charge is 0.368 e. The minimum Gasteiger partial charge on any atom is -0.368 e. The molecule has 1 aromatic carbocycles. The maximum Gasteiger partial charge on any atom is 0.268 e. The van der Waals surface area contributed by atoms with Crippen molar-refractivity contribution in [2.45, 2.75) is 11.3 Å². The van der Waals surface area contributed by atoms with Crippen LogP contribution < -0.4 is 9.62 Å². The van der Waals surface area contributed by atoms with Gasteiger partial charge in [-0.15, -0.1) is 0 Å². The third-order valence-corrected chi connectivity index (χ3v) is 6.62. The van der Waals surface area contributed by atoms with Gasteiger partial charge < -0.3 is 9.80 Å². The predicted molar refractivity (Wildman–Crippen MR) is 110 cm³/mol. The summed E-state index contributed by atoms with van der Waals surface area (Å²) in [4.78, 5) is 5.42. The van der Waals surface area contributed by atoms with E-state index in [0.717, 1.165) is 18.2 Å². The average molecular weight is 474 g/mol. The van der Waals surface area contributed by atoms with Crippen LogP contribution in [0, 0.1) is 34.3 Å². The number of nitriles is 1. The van der Waals surface area contributed by atoms with Gasteiger partial charge in [-0.2, -0.15) is 9.65 Å².